The minimum atomic E-state index is -0.340. The first-order valence-corrected chi connectivity index (χ1v) is 5.78. The zero-order chi connectivity index (χ0) is 12.7. The van der Waals surface area contributed by atoms with Gasteiger partial charge in [-0.25, -0.2) is 0 Å². The highest BCUT2D eigenvalue weighted by Gasteiger charge is 2.51. The fraction of sp³-hybridized carbons (Fsp3) is 0.429. The maximum Gasteiger partial charge on any atom is 0.494 e. The number of benzene rings is 1. The molecule has 0 aromatic heterocycles. The molecule has 0 N–H and O–H groups in total. The van der Waals surface area contributed by atoms with Crippen LogP contribution in [0.1, 0.15) is 33.3 Å². The summed E-state index contributed by atoms with van der Waals surface area (Å²) in [5, 5.41) is 0. The summed E-state index contributed by atoms with van der Waals surface area (Å²) in [4.78, 5) is 0. The summed E-state index contributed by atoms with van der Waals surface area (Å²) in [6.45, 7) is 8.16. The molecule has 1 aromatic carbocycles. The van der Waals surface area contributed by atoms with E-state index in [2.05, 4.69) is 5.92 Å². The molecule has 0 atom stereocenters. The van der Waals surface area contributed by atoms with Crippen molar-refractivity contribution in [2.24, 2.45) is 0 Å². The second-order valence-corrected chi connectivity index (χ2v) is 5.36. The summed E-state index contributed by atoms with van der Waals surface area (Å²) in [6, 6.07) is 7.73. The van der Waals surface area contributed by atoms with Gasteiger partial charge in [0.15, 0.2) is 0 Å². The molecular formula is C14H17BO2. The van der Waals surface area contributed by atoms with Gasteiger partial charge in [-0.05, 0) is 45.3 Å². The highest BCUT2D eigenvalue weighted by Crippen LogP contribution is 2.36. The van der Waals surface area contributed by atoms with E-state index >= 15 is 0 Å². The summed E-state index contributed by atoms with van der Waals surface area (Å²) < 4.78 is 11.9. The Bertz CT molecular complexity index is 455. The molecule has 0 saturated carbocycles. The van der Waals surface area contributed by atoms with Crippen molar-refractivity contribution in [3.63, 3.8) is 0 Å². The van der Waals surface area contributed by atoms with Crippen molar-refractivity contribution in [3.05, 3.63) is 29.8 Å². The van der Waals surface area contributed by atoms with E-state index in [-0.39, 0.29) is 18.3 Å². The SMILES string of the molecule is C#Cc1cccc(B2OC(C)(C)C(C)(C)O2)c1. The number of hydrogen-bond acceptors (Lipinski definition) is 2. The molecule has 1 heterocycles. The van der Waals surface area contributed by atoms with Crippen LogP contribution in [0.4, 0.5) is 0 Å². The fourth-order valence-electron chi connectivity index (χ4n) is 1.75. The van der Waals surface area contributed by atoms with Gasteiger partial charge in [0.1, 0.15) is 0 Å². The fourth-order valence-corrected chi connectivity index (χ4v) is 1.75. The van der Waals surface area contributed by atoms with E-state index in [4.69, 9.17) is 15.7 Å². The van der Waals surface area contributed by atoms with Crippen molar-refractivity contribution in [3.8, 4) is 12.3 Å². The lowest BCUT2D eigenvalue weighted by molar-refractivity contribution is 0.00578. The van der Waals surface area contributed by atoms with E-state index in [1.165, 1.54) is 0 Å². The summed E-state index contributed by atoms with van der Waals surface area (Å²) in [5.74, 6) is 2.62. The van der Waals surface area contributed by atoms with Crippen molar-refractivity contribution in [1.29, 1.82) is 0 Å². The molecule has 2 rings (SSSR count). The number of hydrogen-bond donors (Lipinski definition) is 0. The van der Waals surface area contributed by atoms with E-state index in [1.54, 1.807) is 0 Å². The Morgan fingerprint density at radius 3 is 2.24 bits per heavy atom. The lowest BCUT2D eigenvalue weighted by atomic mass is 9.78. The third-order valence-electron chi connectivity index (χ3n) is 3.58. The number of rotatable bonds is 1. The van der Waals surface area contributed by atoms with E-state index in [0.717, 1.165) is 11.0 Å². The van der Waals surface area contributed by atoms with Gasteiger partial charge in [0.05, 0.1) is 11.2 Å². The lowest BCUT2D eigenvalue weighted by Gasteiger charge is -2.32. The monoisotopic (exact) mass is 228 g/mol. The van der Waals surface area contributed by atoms with E-state index in [1.807, 2.05) is 52.0 Å². The van der Waals surface area contributed by atoms with Crippen LogP contribution in [0.5, 0.6) is 0 Å². The zero-order valence-electron chi connectivity index (χ0n) is 10.8. The first kappa shape index (κ1) is 12.2. The Hall–Kier alpha value is -1.24. The van der Waals surface area contributed by atoms with Gasteiger partial charge in [-0.1, -0.05) is 18.1 Å². The second-order valence-electron chi connectivity index (χ2n) is 5.36. The maximum absolute atomic E-state index is 5.96. The van der Waals surface area contributed by atoms with E-state index < -0.39 is 0 Å². The van der Waals surface area contributed by atoms with Crippen LogP contribution in [0.15, 0.2) is 24.3 Å². The smallest absolute Gasteiger partial charge is 0.399 e. The van der Waals surface area contributed by atoms with Crippen molar-refractivity contribution in [1.82, 2.24) is 0 Å². The molecule has 1 aliphatic heterocycles. The lowest BCUT2D eigenvalue weighted by Crippen LogP contribution is -2.41. The van der Waals surface area contributed by atoms with Crippen LogP contribution in [0.2, 0.25) is 0 Å². The molecule has 88 valence electrons. The summed E-state index contributed by atoms with van der Waals surface area (Å²) in [5.41, 5.74) is 1.18. The third kappa shape index (κ3) is 2.11. The van der Waals surface area contributed by atoms with Gasteiger partial charge in [-0.2, -0.15) is 0 Å². The molecule has 17 heavy (non-hydrogen) atoms. The van der Waals surface area contributed by atoms with Gasteiger partial charge >= 0.3 is 7.12 Å². The van der Waals surface area contributed by atoms with Gasteiger partial charge in [-0.3, -0.25) is 0 Å². The molecule has 1 saturated heterocycles. The molecule has 1 aliphatic rings. The predicted molar refractivity (Wildman–Crippen MR) is 70.1 cm³/mol. The minimum absolute atomic E-state index is 0.316. The van der Waals surface area contributed by atoms with Crippen molar-refractivity contribution in [2.75, 3.05) is 0 Å². The van der Waals surface area contributed by atoms with Crippen LogP contribution in [0, 0.1) is 12.3 Å². The molecule has 1 aromatic rings. The van der Waals surface area contributed by atoms with Crippen LogP contribution in [0.3, 0.4) is 0 Å². The first-order chi connectivity index (χ1) is 7.86. The van der Waals surface area contributed by atoms with Crippen LogP contribution in [-0.2, 0) is 9.31 Å². The van der Waals surface area contributed by atoms with E-state index in [0.29, 0.717) is 0 Å². The molecular weight excluding hydrogens is 211 g/mol. The van der Waals surface area contributed by atoms with Crippen LogP contribution >= 0.6 is 0 Å². The van der Waals surface area contributed by atoms with Gasteiger partial charge in [-0.15, -0.1) is 6.42 Å². The Morgan fingerprint density at radius 1 is 1.12 bits per heavy atom. The Kier molecular flexibility index (Phi) is 2.81. The Labute approximate surface area is 103 Å². The zero-order valence-corrected chi connectivity index (χ0v) is 10.8. The van der Waals surface area contributed by atoms with Gasteiger partial charge in [0.25, 0.3) is 0 Å². The molecule has 0 amide bonds. The highest BCUT2D eigenvalue weighted by atomic mass is 16.7. The van der Waals surface area contributed by atoms with Gasteiger partial charge < -0.3 is 9.31 Å². The van der Waals surface area contributed by atoms with Crippen LogP contribution in [-0.4, -0.2) is 18.3 Å². The van der Waals surface area contributed by atoms with Gasteiger partial charge in [0.2, 0.25) is 0 Å². The maximum atomic E-state index is 5.96. The molecule has 2 nitrogen and oxygen atoms in total. The van der Waals surface area contributed by atoms with Crippen molar-refractivity contribution >= 4 is 12.6 Å². The quantitative estimate of drug-likeness (QED) is 0.540. The molecule has 1 fully saturated rings. The summed E-state index contributed by atoms with van der Waals surface area (Å²) >= 11 is 0. The molecule has 0 bridgehead atoms. The highest BCUT2D eigenvalue weighted by molar-refractivity contribution is 6.62. The van der Waals surface area contributed by atoms with E-state index in [9.17, 15) is 0 Å². The normalized spacial score (nSPS) is 21.2. The van der Waals surface area contributed by atoms with Gasteiger partial charge in [0, 0.05) is 5.56 Å². The van der Waals surface area contributed by atoms with Crippen LogP contribution in [0.25, 0.3) is 0 Å². The second kappa shape index (κ2) is 3.91. The first-order valence-electron chi connectivity index (χ1n) is 5.78. The third-order valence-corrected chi connectivity index (χ3v) is 3.58. The predicted octanol–water partition coefficient (Wildman–Crippen LogP) is 1.97. The summed E-state index contributed by atoms with van der Waals surface area (Å²) in [6.07, 6.45) is 5.39. The summed E-state index contributed by atoms with van der Waals surface area (Å²) in [7, 11) is -0.340. The Balaban J connectivity index is 2.29. The largest absolute Gasteiger partial charge is 0.494 e. The molecule has 0 unspecified atom stereocenters. The molecule has 0 spiro atoms. The van der Waals surface area contributed by atoms with Crippen molar-refractivity contribution < 1.29 is 9.31 Å². The molecule has 0 aliphatic carbocycles. The standard InChI is InChI=1S/C14H17BO2/c1-6-11-8-7-9-12(10-11)15-16-13(2,3)14(4,5)17-15/h1,7-10H,2-5H3. The molecule has 0 radical (unpaired) electrons. The average molecular weight is 228 g/mol. The minimum Gasteiger partial charge on any atom is -0.399 e. The topological polar surface area (TPSA) is 18.5 Å². The number of terminal acetylenes is 1. The Morgan fingerprint density at radius 2 is 1.71 bits per heavy atom. The van der Waals surface area contributed by atoms with Crippen LogP contribution < -0.4 is 5.46 Å². The molecule has 3 heteroatoms. The average Bonchev–Trinajstić information content (AvgIpc) is 2.48. The van der Waals surface area contributed by atoms with Crippen molar-refractivity contribution in [2.45, 2.75) is 38.9 Å².